The van der Waals surface area contributed by atoms with E-state index in [4.69, 9.17) is 11.0 Å². The molecule has 0 radical (unpaired) electrons. The van der Waals surface area contributed by atoms with Crippen molar-refractivity contribution in [2.45, 2.75) is 49.7 Å². The summed E-state index contributed by atoms with van der Waals surface area (Å²) in [7, 11) is 2.61. The van der Waals surface area contributed by atoms with Crippen molar-refractivity contribution in [3.63, 3.8) is 0 Å². The van der Waals surface area contributed by atoms with Crippen LogP contribution in [0.2, 0.25) is 0 Å². The van der Waals surface area contributed by atoms with Gasteiger partial charge in [0.2, 0.25) is 0 Å². The first-order chi connectivity index (χ1) is 6.55. The third kappa shape index (κ3) is 6.95. The van der Waals surface area contributed by atoms with E-state index in [9.17, 15) is 0 Å². The van der Waals surface area contributed by atoms with E-state index in [0.29, 0.717) is 5.25 Å². The first-order valence-electron chi connectivity index (χ1n) is 4.77. The van der Waals surface area contributed by atoms with E-state index < -0.39 is 0 Å². The third-order valence-electron chi connectivity index (χ3n) is 2.14. The van der Waals surface area contributed by atoms with Crippen molar-refractivity contribution in [1.82, 2.24) is 0 Å². The molecule has 0 bridgehead atoms. The average Bonchev–Trinajstić information content (AvgIpc) is 2.16. The molecule has 14 heavy (non-hydrogen) atoms. The fourth-order valence-corrected chi connectivity index (χ4v) is 2.38. The van der Waals surface area contributed by atoms with Crippen LogP contribution in [0, 0.1) is 10.7 Å². The van der Waals surface area contributed by atoms with Crippen molar-refractivity contribution in [2.75, 3.05) is 0 Å². The smallest absolute Gasteiger partial charge is 0.133 e. The standard InChI is InChI=1S/C9H19N2PS2/c1-3-8(13-7-10)5-4-6-9(2,11)14-12/h8H,3-6,11-12H2,1-2H3. The monoisotopic (exact) mass is 250 g/mol. The number of nitriles is 1. The Labute approximate surface area is 97.7 Å². The van der Waals surface area contributed by atoms with Gasteiger partial charge in [-0.25, -0.2) is 0 Å². The summed E-state index contributed by atoms with van der Waals surface area (Å²) in [5.74, 6) is 0. The van der Waals surface area contributed by atoms with Crippen molar-refractivity contribution in [1.29, 1.82) is 5.26 Å². The first-order valence-corrected chi connectivity index (χ1v) is 7.94. The molecule has 0 saturated carbocycles. The predicted octanol–water partition coefficient (Wildman–Crippen LogP) is 3.35. The maximum absolute atomic E-state index is 8.55. The molecule has 2 nitrogen and oxygen atoms in total. The summed E-state index contributed by atoms with van der Waals surface area (Å²) < 4.78 is 0. The Hall–Kier alpha value is 0.580. The van der Waals surface area contributed by atoms with Gasteiger partial charge in [0.05, 0.1) is 4.87 Å². The van der Waals surface area contributed by atoms with E-state index in [1.54, 1.807) is 11.4 Å². The van der Waals surface area contributed by atoms with Gasteiger partial charge in [0, 0.05) is 5.25 Å². The third-order valence-corrected chi connectivity index (χ3v) is 5.51. The van der Waals surface area contributed by atoms with Crippen LogP contribution in [0.25, 0.3) is 0 Å². The number of rotatable bonds is 7. The molecule has 0 rings (SSSR count). The molecule has 0 spiro atoms. The molecule has 82 valence electrons. The second-order valence-electron chi connectivity index (χ2n) is 3.56. The first kappa shape index (κ1) is 14.6. The van der Waals surface area contributed by atoms with Gasteiger partial charge in [0.1, 0.15) is 5.40 Å². The highest BCUT2D eigenvalue weighted by atomic mass is 32.7. The van der Waals surface area contributed by atoms with Crippen LogP contribution in [0.5, 0.6) is 0 Å². The second-order valence-corrected chi connectivity index (χ2v) is 6.52. The lowest BCUT2D eigenvalue weighted by molar-refractivity contribution is 0.551. The molecular weight excluding hydrogens is 231 g/mol. The highest BCUT2D eigenvalue weighted by Gasteiger charge is 2.17. The predicted molar refractivity (Wildman–Crippen MR) is 71.0 cm³/mol. The van der Waals surface area contributed by atoms with Gasteiger partial charge in [0.15, 0.2) is 0 Å². The molecule has 5 heteroatoms. The molecular formula is C9H19N2PS2. The topological polar surface area (TPSA) is 49.8 Å². The maximum atomic E-state index is 8.55. The van der Waals surface area contributed by atoms with Crippen molar-refractivity contribution < 1.29 is 0 Å². The molecule has 0 amide bonds. The molecule has 3 atom stereocenters. The summed E-state index contributed by atoms with van der Waals surface area (Å²) in [5.41, 5.74) is 5.99. The second kappa shape index (κ2) is 7.82. The SMILES string of the molecule is CCC(CCCC(C)(N)SP)SC#N. The number of thioether (sulfide) groups is 1. The van der Waals surface area contributed by atoms with Crippen LogP contribution in [0.15, 0.2) is 0 Å². The molecule has 2 N–H and O–H groups in total. The highest BCUT2D eigenvalue weighted by Crippen LogP contribution is 2.31. The largest absolute Gasteiger partial charge is 0.317 e. The summed E-state index contributed by atoms with van der Waals surface area (Å²) in [4.78, 5) is -0.139. The number of hydrogen-bond donors (Lipinski definition) is 1. The lowest BCUT2D eigenvalue weighted by atomic mass is 10.1. The average molecular weight is 250 g/mol. The minimum atomic E-state index is -0.139. The van der Waals surface area contributed by atoms with Crippen LogP contribution >= 0.6 is 31.6 Å². The molecule has 0 aromatic heterocycles. The summed E-state index contributed by atoms with van der Waals surface area (Å²) in [5, 5.41) is 11.2. The highest BCUT2D eigenvalue weighted by molar-refractivity contribution is 8.44. The van der Waals surface area contributed by atoms with E-state index in [1.165, 1.54) is 11.8 Å². The molecule has 0 aliphatic rings. The van der Waals surface area contributed by atoms with Gasteiger partial charge in [-0.1, -0.05) is 15.4 Å². The Morgan fingerprint density at radius 1 is 1.64 bits per heavy atom. The Morgan fingerprint density at radius 2 is 2.29 bits per heavy atom. The van der Waals surface area contributed by atoms with Crippen molar-refractivity contribution >= 4 is 31.6 Å². The number of nitrogens with two attached hydrogens (primary N) is 1. The van der Waals surface area contributed by atoms with E-state index in [1.807, 2.05) is 6.92 Å². The molecule has 0 heterocycles. The fourth-order valence-electron chi connectivity index (χ4n) is 1.16. The van der Waals surface area contributed by atoms with Crippen molar-refractivity contribution in [2.24, 2.45) is 5.73 Å². The zero-order valence-corrected chi connectivity index (χ0v) is 11.6. The van der Waals surface area contributed by atoms with Crippen LogP contribution in [0.4, 0.5) is 0 Å². The maximum Gasteiger partial charge on any atom is 0.133 e. The van der Waals surface area contributed by atoms with Gasteiger partial charge >= 0.3 is 0 Å². The normalized spacial score (nSPS) is 17.1. The quantitative estimate of drug-likeness (QED) is 0.427. The zero-order chi connectivity index (χ0) is 11.0. The van der Waals surface area contributed by atoms with Gasteiger partial charge in [-0.05, 0) is 44.4 Å². The van der Waals surface area contributed by atoms with Crippen LogP contribution in [0.1, 0.15) is 39.5 Å². The molecule has 0 aromatic rings. The molecule has 0 aromatic carbocycles. The summed E-state index contributed by atoms with van der Waals surface area (Å²) in [6, 6.07) is 0. The van der Waals surface area contributed by atoms with Gasteiger partial charge in [-0.2, -0.15) is 5.26 Å². The van der Waals surface area contributed by atoms with Crippen LogP contribution in [-0.2, 0) is 0 Å². The molecule has 0 fully saturated rings. The molecule has 0 aliphatic heterocycles. The molecule has 0 saturated heterocycles. The van der Waals surface area contributed by atoms with E-state index in [2.05, 4.69) is 20.8 Å². The minimum absolute atomic E-state index is 0.139. The van der Waals surface area contributed by atoms with Crippen LogP contribution in [0.3, 0.4) is 0 Å². The number of thiocyanates is 1. The summed E-state index contributed by atoms with van der Waals surface area (Å²) in [6.07, 6.45) is 4.26. The van der Waals surface area contributed by atoms with E-state index in [-0.39, 0.29) is 4.87 Å². The lowest BCUT2D eigenvalue weighted by Gasteiger charge is -2.22. The Morgan fingerprint density at radius 3 is 2.71 bits per heavy atom. The van der Waals surface area contributed by atoms with Crippen molar-refractivity contribution in [3.8, 4) is 5.40 Å². The lowest BCUT2D eigenvalue weighted by Crippen LogP contribution is -2.30. The van der Waals surface area contributed by atoms with Crippen LogP contribution < -0.4 is 5.73 Å². The zero-order valence-electron chi connectivity index (χ0n) is 8.82. The molecule has 0 aliphatic carbocycles. The summed E-state index contributed by atoms with van der Waals surface area (Å²) >= 11 is 3.01. The Kier molecular flexibility index (Phi) is 8.14. The van der Waals surface area contributed by atoms with Gasteiger partial charge in [0.25, 0.3) is 0 Å². The van der Waals surface area contributed by atoms with Gasteiger partial charge in [-0.15, -0.1) is 11.4 Å². The Bertz CT molecular complexity index is 192. The van der Waals surface area contributed by atoms with E-state index >= 15 is 0 Å². The Balaban J connectivity index is 3.66. The fraction of sp³-hybridized carbons (Fsp3) is 0.889. The van der Waals surface area contributed by atoms with Crippen LogP contribution in [-0.4, -0.2) is 10.1 Å². The summed E-state index contributed by atoms with van der Waals surface area (Å²) in [6.45, 7) is 4.17. The number of nitrogens with zero attached hydrogens (tertiary/aromatic N) is 1. The number of hydrogen-bond acceptors (Lipinski definition) is 4. The molecule has 3 unspecified atom stereocenters. The minimum Gasteiger partial charge on any atom is -0.317 e. The van der Waals surface area contributed by atoms with Crippen molar-refractivity contribution in [3.05, 3.63) is 0 Å². The van der Waals surface area contributed by atoms with E-state index in [0.717, 1.165) is 25.7 Å². The van der Waals surface area contributed by atoms with Gasteiger partial charge < -0.3 is 5.73 Å². The van der Waals surface area contributed by atoms with Gasteiger partial charge in [-0.3, -0.25) is 0 Å².